The Morgan fingerprint density at radius 3 is 2.45 bits per heavy atom. The van der Waals surface area contributed by atoms with Gasteiger partial charge in [-0.25, -0.2) is 9.78 Å². The highest BCUT2D eigenvalue weighted by Gasteiger charge is 2.20. The number of aryl methyl sites for hydroxylation is 1. The number of urea groups is 1. The van der Waals surface area contributed by atoms with Crippen LogP contribution < -0.4 is 20.3 Å². The highest BCUT2D eigenvalue weighted by molar-refractivity contribution is 5.91. The fraction of sp³-hybridized carbons (Fsp3) is 0.333. The van der Waals surface area contributed by atoms with Gasteiger partial charge in [0.05, 0.1) is 11.2 Å². The predicted octanol–water partition coefficient (Wildman–Crippen LogP) is 5.13. The molecule has 8 nitrogen and oxygen atoms in total. The van der Waals surface area contributed by atoms with Gasteiger partial charge in [0.25, 0.3) is 0 Å². The van der Waals surface area contributed by atoms with Crippen LogP contribution in [0.4, 0.5) is 16.2 Å². The molecule has 1 aliphatic heterocycles. The molecule has 3 aromatic carbocycles. The number of carbonyl (C=O) groups excluding carboxylic acids is 1. The van der Waals surface area contributed by atoms with E-state index in [1.54, 1.807) is 0 Å². The standard InChI is InChI=1S/C30H36N6O2/c1-3-22-8-10-23(11-9-22)29-33-26-6-5-7-27(28(26)34-29)36-18-16-35(17-19-36)20-21-38-25-14-12-24(13-15-25)32-30(37)31-4-2/h5-15H,3-4,16-21H2,1-2H3,(H,33,34)(H2,31,32,37). The molecular weight excluding hydrogens is 476 g/mol. The third kappa shape index (κ3) is 6.08. The first kappa shape index (κ1) is 25.6. The van der Waals surface area contributed by atoms with Gasteiger partial charge in [-0.2, -0.15) is 0 Å². The number of para-hydroxylation sites is 1. The Balaban J connectivity index is 1.13. The topological polar surface area (TPSA) is 85.5 Å². The molecule has 8 heteroatoms. The van der Waals surface area contributed by atoms with Crippen LogP contribution >= 0.6 is 0 Å². The van der Waals surface area contributed by atoms with Crippen molar-refractivity contribution in [1.82, 2.24) is 20.2 Å². The Bertz CT molecular complexity index is 1340. The lowest BCUT2D eigenvalue weighted by Gasteiger charge is -2.36. The number of H-pyrrole nitrogens is 1. The van der Waals surface area contributed by atoms with Gasteiger partial charge in [-0.1, -0.05) is 37.3 Å². The monoisotopic (exact) mass is 512 g/mol. The van der Waals surface area contributed by atoms with Crippen molar-refractivity contribution >= 4 is 28.4 Å². The van der Waals surface area contributed by atoms with Crippen LogP contribution in [0.3, 0.4) is 0 Å². The van der Waals surface area contributed by atoms with Gasteiger partial charge in [-0.15, -0.1) is 0 Å². The first-order valence-electron chi connectivity index (χ1n) is 13.5. The van der Waals surface area contributed by atoms with E-state index in [1.165, 1.54) is 11.3 Å². The summed E-state index contributed by atoms with van der Waals surface area (Å²) in [6, 6.07) is 22.3. The summed E-state index contributed by atoms with van der Waals surface area (Å²) in [6.07, 6.45) is 1.04. The van der Waals surface area contributed by atoms with Crippen LogP contribution in [0.5, 0.6) is 5.75 Å². The number of carbonyl (C=O) groups is 1. The van der Waals surface area contributed by atoms with E-state index in [0.717, 1.165) is 73.0 Å². The number of anilines is 2. The van der Waals surface area contributed by atoms with E-state index in [0.29, 0.717) is 13.2 Å². The van der Waals surface area contributed by atoms with Crippen molar-refractivity contribution in [3.8, 4) is 17.1 Å². The SMILES string of the molecule is CCNC(=O)Nc1ccc(OCCN2CCN(c3cccc4[nH]c(-c5ccc(CC)cc5)nc34)CC2)cc1. The van der Waals surface area contributed by atoms with Crippen LogP contribution in [0.15, 0.2) is 66.7 Å². The lowest BCUT2D eigenvalue weighted by atomic mass is 10.1. The summed E-state index contributed by atoms with van der Waals surface area (Å²) >= 11 is 0. The first-order valence-corrected chi connectivity index (χ1v) is 13.5. The van der Waals surface area contributed by atoms with Gasteiger partial charge in [-0.05, 0) is 55.3 Å². The van der Waals surface area contributed by atoms with Crippen LogP contribution in [-0.4, -0.2) is 66.8 Å². The summed E-state index contributed by atoms with van der Waals surface area (Å²) in [7, 11) is 0. The van der Waals surface area contributed by atoms with Gasteiger partial charge in [0.2, 0.25) is 0 Å². The van der Waals surface area contributed by atoms with Crippen LogP contribution in [0.1, 0.15) is 19.4 Å². The number of nitrogens with zero attached hydrogens (tertiary/aromatic N) is 3. The van der Waals surface area contributed by atoms with E-state index in [9.17, 15) is 4.79 Å². The summed E-state index contributed by atoms with van der Waals surface area (Å²) in [5, 5.41) is 5.51. The zero-order valence-electron chi connectivity index (χ0n) is 22.2. The molecule has 38 heavy (non-hydrogen) atoms. The number of aromatic amines is 1. The summed E-state index contributed by atoms with van der Waals surface area (Å²) < 4.78 is 5.95. The smallest absolute Gasteiger partial charge is 0.319 e. The van der Waals surface area contributed by atoms with Crippen molar-refractivity contribution in [3.63, 3.8) is 0 Å². The van der Waals surface area contributed by atoms with Crippen LogP contribution in [0.2, 0.25) is 0 Å². The van der Waals surface area contributed by atoms with Gasteiger partial charge in [0, 0.05) is 50.5 Å². The van der Waals surface area contributed by atoms with E-state index >= 15 is 0 Å². The Morgan fingerprint density at radius 1 is 0.974 bits per heavy atom. The molecule has 1 aliphatic rings. The van der Waals surface area contributed by atoms with Crippen molar-refractivity contribution < 1.29 is 9.53 Å². The number of nitrogens with one attached hydrogen (secondary N) is 3. The minimum Gasteiger partial charge on any atom is -0.492 e. The minimum atomic E-state index is -0.203. The van der Waals surface area contributed by atoms with Crippen LogP contribution in [-0.2, 0) is 6.42 Å². The highest BCUT2D eigenvalue weighted by Crippen LogP contribution is 2.29. The zero-order chi connectivity index (χ0) is 26.3. The van der Waals surface area contributed by atoms with Crippen molar-refractivity contribution in [2.75, 3.05) is 56.1 Å². The van der Waals surface area contributed by atoms with E-state index in [-0.39, 0.29) is 6.03 Å². The Labute approximate surface area is 224 Å². The van der Waals surface area contributed by atoms with Crippen molar-refractivity contribution in [3.05, 3.63) is 72.3 Å². The number of ether oxygens (including phenoxy) is 1. The molecule has 0 saturated carbocycles. The maximum atomic E-state index is 11.6. The molecule has 1 saturated heterocycles. The molecule has 0 unspecified atom stereocenters. The molecule has 0 radical (unpaired) electrons. The third-order valence-corrected chi connectivity index (χ3v) is 6.97. The molecule has 0 atom stereocenters. The number of hydrogen-bond donors (Lipinski definition) is 3. The average Bonchev–Trinajstić information content (AvgIpc) is 3.39. The van der Waals surface area contributed by atoms with E-state index < -0.39 is 0 Å². The van der Waals surface area contributed by atoms with Gasteiger partial charge in [0.1, 0.15) is 23.7 Å². The van der Waals surface area contributed by atoms with Crippen molar-refractivity contribution in [2.24, 2.45) is 0 Å². The van der Waals surface area contributed by atoms with Crippen molar-refractivity contribution in [2.45, 2.75) is 20.3 Å². The molecule has 0 spiro atoms. The van der Waals surface area contributed by atoms with Crippen molar-refractivity contribution in [1.29, 1.82) is 0 Å². The molecule has 198 valence electrons. The molecule has 2 heterocycles. The van der Waals surface area contributed by atoms with Crippen LogP contribution in [0, 0.1) is 0 Å². The van der Waals surface area contributed by atoms with Crippen LogP contribution in [0.25, 0.3) is 22.4 Å². The number of fused-ring (bicyclic) bond motifs is 1. The number of benzene rings is 3. The fourth-order valence-corrected chi connectivity index (χ4v) is 4.78. The quantitative estimate of drug-likeness (QED) is 0.289. The Kier molecular flexibility index (Phi) is 8.09. The Hall–Kier alpha value is -4.04. The molecule has 5 rings (SSSR count). The second-order valence-corrected chi connectivity index (χ2v) is 9.50. The number of amides is 2. The molecule has 0 aliphatic carbocycles. The normalized spacial score (nSPS) is 14.0. The molecule has 0 bridgehead atoms. The Morgan fingerprint density at radius 2 is 1.74 bits per heavy atom. The largest absolute Gasteiger partial charge is 0.492 e. The fourth-order valence-electron chi connectivity index (χ4n) is 4.78. The third-order valence-electron chi connectivity index (χ3n) is 6.97. The molecule has 1 fully saturated rings. The van der Waals surface area contributed by atoms with Gasteiger partial charge in [-0.3, -0.25) is 4.90 Å². The van der Waals surface area contributed by atoms with E-state index in [2.05, 4.69) is 74.8 Å². The molecule has 2 amide bonds. The summed E-state index contributed by atoms with van der Waals surface area (Å²) in [5.74, 6) is 1.72. The van der Waals surface area contributed by atoms with Gasteiger partial charge in [0.15, 0.2) is 0 Å². The van der Waals surface area contributed by atoms with Gasteiger partial charge < -0.3 is 25.3 Å². The number of hydrogen-bond acceptors (Lipinski definition) is 5. The van der Waals surface area contributed by atoms with Gasteiger partial charge >= 0.3 is 6.03 Å². The number of imidazole rings is 1. The number of rotatable bonds is 9. The predicted molar refractivity (Wildman–Crippen MR) is 154 cm³/mol. The van der Waals surface area contributed by atoms with E-state index in [4.69, 9.17) is 9.72 Å². The zero-order valence-corrected chi connectivity index (χ0v) is 22.2. The number of aromatic nitrogens is 2. The average molecular weight is 513 g/mol. The second-order valence-electron chi connectivity index (χ2n) is 9.50. The number of piperazine rings is 1. The highest BCUT2D eigenvalue weighted by atomic mass is 16.5. The van der Waals surface area contributed by atoms with E-state index in [1.807, 2.05) is 31.2 Å². The summed E-state index contributed by atoms with van der Waals surface area (Å²) in [5.41, 5.74) is 6.48. The molecule has 3 N–H and O–H groups in total. The lowest BCUT2D eigenvalue weighted by molar-refractivity contribution is 0.200. The lowest BCUT2D eigenvalue weighted by Crippen LogP contribution is -2.47. The maximum absolute atomic E-state index is 11.6. The molecular formula is C30H36N6O2. The summed E-state index contributed by atoms with van der Waals surface area (Å²) in [4.78, 5) is 25.0. The maximum Gasteiger partial charge on any atom is 0.319 e. The summed E-state index contributed by atoms with van der Waals surface area (Å²) in [6.45, 7) is 10.0. The first-order chi connectivity index (χ1) is 18.6. The molecule has 1 aromatic heterocycles. The molecule has 4 aromatic rings. The minimum absolute atomic E-state index is 0.203. The second kappa shape index (κ2) is 12.0.